The van der Waals surface area contributed by atoms with Gasteiger partial charge in [0, 0.05) is 26.0 Å². The zero-order chi connectivity index (χ0) is 22.2. The summed E-state index contributed by atoms with van der Waals surface area (Å²) in [5.41, 5.74) is 0.804. The number of hydrogen-bond acceptors (Lipinski definition) is 7. The van der Waals surface area contributed by atoms with E-state index in [0.717, 1.165) is 0 Å². The lowest BCUT2D eigenvalue weighted by Crippen LogP contribution is -2.10. The molecule has 0 saturated heterocycles. The molecule has 0 aliphatic rings. The lowest BCUT2D eigenvalue weighted by Gasteiger charge is -2.16. The Kier molecular flexibility index (Phi) is 7.54. The number of methoxy groups -OCH3 is 2. The molecule has 0 fully saturated rings. The molecule has 1 aromatic heterocycles. The summed E-state index contributed by atoms with van der Waals surface area (Å²) in [7, 11) is 3.05. The third kappa shape index (κ3) is 5.17. The van der Waals surface area contributed by atoms with Crippen molar-refractivity contribution in [2.75, 3.05) is 46.0 Å². The largest absolute Gasteiger partial charge is 0.487 e. The van der Waals surface area contributed by atoms with Gasteiger partial charge in [0.15, 0.2) is 17.3 Å². The molecule has 3 aromatic rings. The standard InChI is InChI=1S/C22H21F2N3O4/c1-4-14-11-15(5-6-16(14)23)27-22-19-17(25-13-26-22)12-18(30-9-7-28-2)21(20(19)24)31-10-8-29-3/h1,5-6,11-13H,7-10H2,2-3H3,(H,25,26,27). The molecule has 0 unspecified atom stereocenters. The Hall–Kier alpha value is -3.48. The monoisotopic (exact) mass is 429 g/mol. The number of ether oxygens (including phenoxy) is 4. The SMILES string of the molecule is C#Cc1cc(Nc2ncnc3cc(OCCOC)c(OCCOC)c(F)c23)ccc1F. The van der Waals surface area contributed by atoms with Crippen molar-refractivity contribution >= 4 is 22.4 Å². The fourth-order valence-electron chi connectivity index (χ4n) is 2.79. The highest BCUT2D eigenvalue weighted by Crippen LogP contribution is 2.38. The Labute approximate surface area is 178 Å². The maximum absolute atomic E-state index is 15.5. The van der Waals surface area contributed by atoms with Crippen molar-refractivity contribution in [3.05, 3.63) is 47.8 Å². The second-order valence-electron chi connectivity index (χ2n) is 6.28. The van der Waals surface area contributed by atoms with Gasteiger partial charge in [-0.1, -0.05) is 5.92 Å². The minimum absolute atomic E-state index is 0.0706. The Bertz CT molecular complexity index is 1100. The van der Waals surface area contributed by atoms with E-state index in [1.807, 2.05) is 0 Å². The molecule has 7 nitrogen and oxygen atoms in total. The molecular weight excluding hydrogens is 408 g/mol. The summed E-state index contributed by atoms with van der Waals surface area (Å²) in [6, 6.07) is 5.68. The highest BCUT2D eigenvalue weighted by atomic mass is 19.1. The van der Waals surface area contributed by atoms with Gasteiger partial charge in [-0.05, 0) is 18.2 Å². The number of fused-ring (bicyclic) bond motifs is 1. The van der Waals surface area contributed by atoms with Crippen molar-refractivity contribution in [2.24, 2.45) is 0 Å². The van der Waals surface area contributed by atoms with Gasteiger partial charge in [0.05, 0.1) is 29.7 Å². The van der Waals surface area contributed by atoms with Gasteiger partial charge in [-0.25, -0.2) is 18.7 Å². The van der Waals surface area contributed by atoms with Gasteiger partial charge < -0.3 is 24.3 Å². The van der Waals surface area contributed by atoms with E-state index in [1.54, 1.807) is 6.07 Å². The predicted molar refractivity (Wildman–Crippen MR) is 112 cm³/mol. The molecule has 0 radical (unpaired) electrons. The Morgan fingerprint density at radius 1 is 1.00 bits per heavy atom. The van der Waals surface area contributed by atoms with Crippen molar-refractivity contribution in [2.45, 2.75) is 0 Å². The van der Waals surface area contributed by atoms with Gasteiger partial charge in [0.1, 0.15) is 31.2 Å². The molecule has 0 spiro atoms. The second kappa shape index (κ2) is 10.5. The average Bonchev–Trinajstić information content (AvgIpc) is 2.77. The third-order valence-electron chi connectivity index (χ3n) is 4.25. The first kappa shape index (κ1) is 22.2. The first-order chi connectivity index (χ1) is 15.1. The highest BCUT2D eigenvalue weighted by Gasteiger charge is 2.21. The minimum Gasteiger partial charge on any atom is -0.487 e. The number of anilines is 2. The summed E-state index contributed by atoms with van der Waals surface area (Å²) in [5, 5.41) is 3.05. The zero-order valence-electron chi connectivity index (χ0n) is 17.1. The number of aromatic nitrogens is 2. The van der Waals surface area contributed by atoms with E-state index < -0.39 is 11.6 Å². The molecule has 0 bridgehead atoms. The first-order valence-electron chi connectivity index (χ1n) is 9.33. The summed E-state index contributed by atoms with van der Waals surface area (Å²) < 4.78 is 50.4. The average molecular weight is 429 g/mol. The number of rotatable bonds is 10. The molecule has 162 valence electrons. The smallest absolute Gasteiger partial charge is 0.198 e. The summed E-state index contributed by atoms with van der Waals surface area (Å²) in [4.78, 5) is 8.28. The zero-order valence-corrected chi connectivity index (χ0v) is 17.1. The van der Waals surface area contributed by atoms with Crippen LogP contribution in [0.3, 0.4) is 0 Å². The van der Waals surface area contributed by atoms with E-state index in [-0.39, 0.29) is 48.1 Å². The van der Waals surface area contributed by atoms with E-state index in [9.17, 15) is 4.39 Å². The van der Waals surface area contributed by atoms with Gasteiger partial charge in [-0.2, -0.15) is 0 Å². The van der Waals surface area contributed by atoms with Crippen LogP contribution in [0, 0.1) is 24.0 Å². The first-order valence-corrected chi connectivity index (χ1v) is 9.33. The number of hydrogen-bond donors (Lipinski definition) is 1. The van der Waals surface area contributed by atoms with Crippen molar-refractivity contribution in [3.8, 4) is 23.8 Å². The van der Waals surface area contributed by atoms with Gasteiger partial charge in [-0.15, -0.1) is 6.42 Å². The lowest BCUT2D eigenvalue weighted by molar-refractivity contribution is 0.130. The molecule has 0 aliphatic carbocycles. The van der Waals surface area contributed by atoms with E-state index >= 15 is 4.39 Å². The molecule has 0 amide bonds. The minimum atomic E-state index is -0.705. The molecule has 3 rings (SSSR count). The number of nitrogens with zero attached hydrogens (tertiary/aromatic N) is 2. The van der Waals surface area contributed by atoms with Crippen LogP contribution in [0.25, 0.3) is 10.9 Å². The number of halogens is 2. The second-order valence-corrected chi connectivity index (χ2v) is 6.28. The molecule has 1 N–H and O–H groups in total. The third-order valence-corrected chi connectivity index (χ3v) is 4.25. The van der Waals surface area contributed by atoms with Crippen LogP contribution in [0.15, 0.2) is 30.6 Å². The van der Waals surface area contributed by atoms with Crippen LogP contribution in [0.2, 0.25) is 0 Å². The molecule has 0 atom stereocenters. The van der Waals surface area contributed by atoms with Crippen LogP contribution in [-0.2, 0) is 9.47 Å². The van der Waals surface area contributed by atoms with Gasteiger partial charge >= 0.3 is 0 Å². The Morgan fingerprint density at radius 2 is 1.74 bits per heavy atom. The Morgan fingerprint density at radius 3 is 2.45 bits per heavy atom. The fourth-order valence-corrected chi connectivity index (χ4v) is 2.79. The van der Waals surface area contributed by atoms with E-state index in [0.29, 0.717) is 17.8 Å². The van der Waals surface area contributed by atoms with E-state index in [4.69, 9.17) is 25.4 Å². The maximum atomic E-state index is 15.5. The van der Waals surface area contributed by atoms with E-state index in [2.05, 4.69) is 21.2 Å². The summed E-state index contributed by atoms with van der Waals surface area (Å²) in [6.07, 6.45) is 6.60. The molecule has 0 saturated carbocycles. The van der Waals surface area contributed by atoms with Crippen LogP contribution < -0.4 is 14.8 Å². The summed E-state index contributed by atoms with van der Waals surface area (Å²) in [6.45, 7) is 0.883. The number of nitrogens with one attached hydrogen (secondary N) is 1. The number of terminal acetylenes is 1. The molecule has 31 heavy (non-hydrogen) atoms. The molecular formula is C22H21F2N3O4. The predicted octanol–water partition coefficient (Wildman–Crippen LogP) is 3.68. The van der Waals surface area contributed by atoms with Crippen LogP contribution in [0.4, 0.5) is 20.3 Å². The van der Waals surface area contributed by atoms with Crippen molar-refractivity contribution in [1.82, 2.24) is 9.97 Å². The Balaban J connectivity index is 2.05. The summed E-state index contributed by atoms with van der Waals surface area (Å²) >= 11 is 0. The lowest BCUT2D eigenvalue weighted by atomic mass is 10.1. The topological polar surface area (TPSA) is 74.7 Å². The van der Waals surface area contributed by atoms with Crippen molar-refractivity contribution < 1.29 is 27.7 Å². The quantitative estimate of drug-likeness (QED) is 0.389. The van der Waals surface area contributed by atoms with Gasteiger partial charge in [-0.3, -0.25) is 0 Å². The maximum Gasteiger partial charge on any atom is 0.198 e. The molecule has 1 heterocycles. The van der Waals surface area contributed by atoms with Gasteiger partial charge in [0.25, 0.3) is 0 Å². The molecule has 9 heteroatoms. The van der Waals surface area contributed by atoms with Gasteiger partial charge in [0.2, 0.25) is 0 Å². The van der Waals surface area contributed by atoms with Crippen LogP contribution in [-0.4, -0.2) is 50.6 Å². The number of benzene rings is 2. The van der Waals surface area contributed by atoms with Crippen molar-refractivity contribution in [1.29, 1.82) is 0 Å². The molecule has 2 aromatic carbocycles. The van der Waals surface area contributed by atoms with E-state index in [1.165, 1.54) is 38.7 Å². The normalized spacial score (nSPS) is 10.7. The van der Waals surface area contributed by atoms with Crippen LogP contribution in [0.5, 0.6) is 11.5 Å². The fraction of sp³-hybridized carbons (Fsp3) is 0.273. The van der Waals surface area contributed by atoms with Crippen LogP contribution in [0.1, 0.15) is 5.56 Å². The highest BCUT2D eigenvalue weighted by molar-refractivity contribution is 5.93. The molecule has 0 aliphatic heterocycles. The van der Waals surface area contributed by atoms with Crippen LogP contribution >= 0.6 is 0 Å². The summed E-state index contributed by atoms with van der Waals surface area (Å²) in [5.74, 6) is 1.27. The van der Waals surface area contributed by atoms with Crippen molar-refractivity contribution in [3.63, 3.8) is 0 Å².